The van der Waals surface area contributed by atoms with Gasteiger partial charge in [0.25, 0.3) is 0 Å². The van der Waals surface area contributed by atoms with Gasteiger partial charge in [-0.3, -0.25) is 4.79 Å². The summed E-state index contributed by atoms with van der Waals surface area (Å²) in [6.07, 6.45) is 0.488. The van der Waals surface area contributed by atoms with Crippen molar-refractivity contribution in [2.24, 2.45) is 5.41 Å². The number of hydrogen-bond donors (Lipinski definition) is 1. The van der Waals surface area contributed by atoms with Crippen LogP contribution in [-0.2, 0) is 22.5 Å². The Labute approximate surface area is 125 Å². The lowest BCUT2D eigenvalue weighted by molar-refractivity contribution is -0.123. The Balaban J connectivity index is 2.16. The largest absolute Gasteiger partial charge is 0.453 e. The molecule has 2 amide bonds. The molecular formula is C16H22N2O3. The van der Waals surface area contributed by atoms with Crippen LogP contribution in [0, 0.1) is 5.41 Å². The number of amides is 2. The van der Waals surface area contributed by atoms with E-state index in [9.17, 15) is 9.59 Å². The number of rotatable bonds is 1. The Kier molecular flexibility index (Phi) is 4.21. The van der Waals surface area contributed by atoms with Crippen LogP contribution in [0.2, 0.25) is 0 Å². The summed E-state index contributed by atoms with van der Waals surface area (Å²) < 4.78 is 4.76. The minimum Gasteiger partial charge on any atom is -0.453 e. The van der Waals surface area contributed by atoms with E-state index in [1.165, 1.54) is 12.7 Å². The molecule has 0 bridgehead atoms. The second kappa shape index (κ2) is 5.76. The second-order valence-corrected chi connectivity index (χ2v) is 6.33. The molecule has 0 atom stereocenters. The van der Waals surface area contributed by atoms with Gasteiger partial charge < -0.3 is 15.0 Å². The zero-order valence-electron chi connectivity index (χ0n) is 13.0. The average molecular weight is 290 g/mol. The molecule has 5 heteroatoms. The van der Waals surface area contributed by atoms with Crippen LogP contribution in [0.3, 0.4) is 0 Å². The molecule has 0 radical (unpaired) electrons. The van der Waals surface area contributed by atoms with Crippen molar-refractivity contribution in [3.8, 4) is 0 Å². The molecule has 2 rings (SSSR count). The molecule has 1 aliphatic rings. The molecule has 21 heavy (non-hydrogen) atoms. The summed E-state index contributed by atoms with van der Waals surface area (Å²) in [5, 5.41) is 2.92. The number of anilines is 1. The Morgan fingerprint density at radius 2 is 1.95 bits per heavy atom. The van der Waals surface area contributed by atoms with Crippen LogP contribution >= 0.6 is 0 Å². The second-order valence-electron chi connectivity index (χ2n) is 6.33. The van der Waals surface area contributed by atoms with Crippen LogP contribution in [0.25, 0.3) is 0 Å². The monoisotopic (exact) mass is 290 g/mol. The first-order chi connectivity index (χ1) is 9.81. The van der Waals surface area contributed by atoms with E-state index in [-0.39, 0.29) is 12.0 Å². The number of carbonyl (C=O) groups excluding carboxylic acids is 2. The SMILES string of the molecule is COC(=O)N1CCc2ccc(NC(=O)C(C)(C)C)cc2C1. The van der Waals surface area contributed by atoms with Crippen molar-refractivity contribution in [3.63, 3.8) is 0 Å². The third-order valence-corrected chi connectivity index (χ3v) is 3.59. The summed E-state index contributed by atoms with van der Waals surface area (Å²) >= 11 is 0. The molecule has 1 aromatic rings. The van der Waals surface area contributed by atoms with Crippen molar-refractivity contribution < 1.29 is 14.3 Å². The first-order valence-electron chi connectivity index (χ1n) is 7.07. The molecule has 0 fully saturated rings. The highest BCUT2D eigenvalue weighted by Crippen LogP contribution is 2.24. The Morgan fingerprint density at radius 1 is 1.24 bits per heavy atom. The molecule has 0 saturated carbocycles. The highest BCUT2D eigenvalue weighted by atomic mass is 16.5. The zero-order chi connectivity index (χ0) is 15.6. The lowest BCUT2D eigenvalue weighted by Crippen LogP contribution is -2.36. The Bertz CT molecular complexity index is 561. The minimum absolute atomic E-state index is 0.0249. The van der Waals surface area contributed by atoms with Crippen LogP contribution in [-0.4, -0.2) is 30.6 Å². The summed E-state index contributed by atoms with van der Waals surface area (Å²) in [6.45, 7) is 6.80. The first-order valence-corrected chi connectivity index (χ1v) is 7.07. The molecule has 0 aliphatic carbocycles. The van der Waals surface area contributed by atoms with E-state index in [0.29, 0.717) is 13.1 Å². The lowest BCUT2D eigenvalue weighted by Gasteiger charge is -2.28. The van der Waals surface area contributed by atoms with Gasteiger partial charge in [0.15, 0.2) is 0 Å². The quantitative estimate of drug-likeness (QED) is 0.865. The first kappa shape index (κ1) is 15.4. The smallest absolute Gasteiger partial charge is 0.409 e. The number of nitrogens with one attached hydrogen (secondary N) is 1. The number of fused-ring (bicyclic) bond motifs is 1. The molecule has 1 N–H and O–H groups in total. The fraction of sp³-hybridized carbons (Fsp3) is 0.500. The van der Waals surface area contributed by atoms with Crippen molar-refractivity contribution >= 4 is 17.7 Å². The maximum Gasteiger partial charge on any atom is 0.409 e. The number of benzene rings is 1. The number of hydrogen-bond acceptors (Lipinski definition) is 3. The van der Waals surface area contributed by atoms with Crippen LogP contribution in [0.4, 0.5) is 10.5 Å². The van der Waals surface area contributed by atoms with Crippen LogP contribution in [0.5, 0.6) is 0 Å². The van der Waals surface area contributed by atoms with Crippen molar-refractivity contribution in [2.45, 2.75) is 33.7 Å². The van der Waals surface area contributed by atoms with E-state index in [1.807, 2.05) is 39.0 Å². The summed E-state index contributed by atoms with van der Waals surface area (Å²) in [7, 11) is 1.39. The molecule has 0 saturated heterocycles. The third kappa shape index (κ3) is 3.54. The summed E-state index contributed by atoms with van der Waals surface area (Å²) in [6, 6.07) is 5.87. The van der Waals surface area contributed by atoms with Gasteiger partial charge in [0.2, 0.25) is 5.91 Å². The van der Waals surface area contributed by atoms with Crippen LogP contribution in [0.1, 0.15) is 31.9 Å². The van der Waals surface area contributed by atoms with Crippen LogP contribution < -0.4 is 5.32 Å². The minimum atomic E-state index is -0.437. The summed E-state index contributed by atoms with van der Waals surface area (Å²) in [5.41, 5.74) is 2.59. The maximum absolute atomic E-state index is 12.0. The van der Waals surface area contributed by atoms with Gasteiger partial charge in [-0.15, -0.1) is 0 Å². The van der Waals surface area contributed by atoms with E-state index in [0.717, 1.165) is 17.7 Å². The van der Waals surface area contributed by atoms with Crippen LogP contribution in [0.15, 0.2) is 18.2 Å². The van der Waals surface area contributed by atoms with Crippen molar-refractivity contribution in [1.29, 1.82) is 0 Å². The number of ether oxygens (including phenoxy) is 1. The normalized spacial score (nSPS) is 14.4. The molecule has 0 unspecified atom stereocenters. The predicted octanol–water partition coefficient (Wildman–Crippen LogP) is 2.80. The maximum atomic E-state index is 12.0. The molecule has 114 valence electrons. The molecule has 0 aromatic heterocycles. The van der Waals surface area contributed by atoms with Gasteiger partial charge in [-0.2, -0.15) is 0 Å². The van der Waals surface area contributed by atoms with Gasteiger partial charge in [0.05, 0.1) is 7.11 Å². The van der Waals surface area contributed by atoms with E-state index in [4.69, 9.17) is 4.74 Å². The van der Waals surface area contributed by atoms with Crippen molar-refractivity contribution in [1.82, 2.24) is 4.90 Å². The average Bonchev–Trinajstić information content (AvgIpc) is 2.44. The molecular weight excluding hydrogens is 268 g/mol. The Hall–Kier alpha value is -2.04. The van der Waals surface area contributed by atoms with E-state index >= 15 is 0 Å². The molecule has 5 nitrogen and oxygen atoms in total. The van der Waals surface area contributed by atoms with Gasteiger partial charge in [0.1, 0.15) is 0 Å². The highest BCUT2D eigenvalue weighted by Gasteiger charge is 2.23. The predicted molar refractivity (Wildman–Crippen MR) is 81.0 cm³/mol. The lowest BCUT2D eigenvalue weighted by atomic mass is 9.95. The van der Waals surface area contributed by atoms with Gasteiger partial charge in [-0.25, -0.2) is 4.79 Å². The zero-order valence-corrected chi connectivity index (χ0v) is 13.0. The van der Waals surface area contributed by atoms with E-state index in [1.54, 1.807) is 4.90 Å². The Morgan fingerprint density at radius 3 is 2.57 bits per heavy atom. The topological polar surface area (TPSA) is 58.6 Å². The van der Waals surface area contributed by atoms with Crippen molar-refractivity contribution in [2.75, 3.05) is 19.0 Å². The summed E-state index contributed by atoms with van der Waals surface area (Å²) in [4.78, 5) is 25.3. The molecule has 1 heterocycles. The van der Waals surface area contributed by atoms with E-state index < -0.39 is 5.41 Å². The number of carbonyl (C=O) groups is 2. The van der Waals surface area contributed by atoms with Gasteiger partial charge in [-0.05, 0) is 29.7 Å². The number of nitrogens with zero attached hydrogens (tertiary/aromatic N) is 1. The van der Waals surface area contributed by atoms with Gasteiger partial charge >= 0.3 is 6.09 Å². The standard InChI is InChI=1S/C16H22N2O3/c1-16(2,3)14(19)17-13-6-5-11-7-8-18(15(20)21-4)10-12(11)9-13/h5-6,9H,7-8,10H2,1-4H3,(H,17,19). The highest BCUT2D eigenvalue weighted by molar-refractivity contribution is 5.94. The molecule has 0 spiro atoms. The summed E-state index contributed by atoms with van der Waals surface area (Å²) in [5.74, 6) is -0.0249. The third-order valence-electron chi connectivity index (χ3n) is 3.59. The molecule has 1 aromatic carbocycles. The van der Waals surface area contributed by atoms with Gasteiger partial charge in [0, 0.05) is 24.2 Å². The fourth-order valence-electron chi connectivity index (χ4n) is 2.24. The molecule has 1 aliphatic heterocycles. The van der Waals surface area contributed by atoms with E-state index in [2.05, 4.69) is 5.32 Å². The number of methoxy groups -OCH3 is 1. The fourth-order valence-corrected chi connectivity index (χ4v) is 2.24. The van der Waals surface area contributed by atoms with Gasteiger partial charge in [-0.1, -0.05) is 26.8 Å². The van der Waals surface area contributed by atoms with Crippen molar-refractivity contribution in [3.05, 3.63) is 29.3 Å².